The van der Waals surface area contributed by atoms with Crippen LogP contribution in [0.15, 0.2) is 6.07 Å². The molecule has 6 heteroatoms. The lowest BCUT2D eigenvalue weighted by atomic mass is 9.80. The smallest absolute Gasteiger partial charge is 0.270 e. The van der Waals surface area contributed by atoms with Gasteiger partial charge in [-0.3, -0.25) is 4.79 Å². The van der Waals surface area contributed by atoms with Gasteiger partial charge in [0.25, 0.3) is 5.91 Å². The Balaban J connectivity index is 1.97. The van der Waals surface area contributed by atoms with Crippen molar-refractivity contribution in [2.45, 2.75) is 26.7 Å². The quantitative estimate of drug-likeness (QED) is 0.875. The summed E-state index contributed by atoms with van der Waals surface area (Å²) in [6.45, 7) is 6.96. The number of aryl methyl sites for hydroxylation is 1. The van der Waals surface area contributed by atoms with Gasteiger partial charge in [-0.1, -0.05) is 6.92 Å². The molecule has 0 radical (unpaired) electrons. The Morgan fingerprint density at radius 1 is 1.38 bits per heavy atom. The highest BCUT2D eigenvalue weighted by Gasteiger charge is 2.29. The van der Waals surface area contributed by atoms with Crippen LogP contribution < -0.4 is 10.6 Å². The second kappa shape index (κ2) is 6.39. The molecule has 1 aliphatic heterocycles. The van der Waals surface area contributed by atoms with Crippen LogP contribution in [0.3, 0.4) is 0 Å². The minimum absolute atomic E-state index is 0.128. The van der Waals surface area contributed by atoms with Crippen LogP contribution in [0.25, 0.3) is 0 Å². The Morgan fingerprint density at radius 3 is 2.67 bits per heavy atom. The predicted molar refractivity (Wildman–Crippen MR) is 83.5 cm³/mol. The number of nitrogens with one attached hydrogen (secondary N) is 2. The summed E-state index contributed by atoms with van der Waals surface area (Å²) in [5.41, 5.74) is 1.38. The zero-order chi connectivity index (χ0) is 15.5. The van der Waals surface area contributed by atoms with Gasteiger partial charge in [0, 0.05) is 19.3 Å². The van der Waals surface area contributed by atoms with Crippen LogP contribution in [0.1, 0.15) is 35.9 Å². The number of carbonyl (C=O) groups excluding carboxylic acids is 1. The van der Waals surface area contributed by atoms with Crippen LogP contribution in [-0.4, -0.2) is 54.5 Å². The number of hydrogen-bond acceptors (Lipinski definition) is 5. The molecule has 0 unspecified atom stereocenters. The van der Waals surface area contributed by atoms with Crippen molar-refractivity contribution in [2.75, 3.05) is 39.0 Å². The molecule has 0 bridgehead atoms. The SMILES string of the molecule is CNc1nc(C)cc(C(=O)NCC2(C)CCN(C)CC2)n1. The van der Waals surface area contributed by atoms with Crippen molar-refractivity contribution in [3.63, 3.8) is 0 Å². The van der Waals surface area contributed by atoms with Crippen LogP contribution >= 0.6 is 0 Å². The number of hydrogen-bond donors (Lipinski definition) is 2. The van der Waals surface area contributed by atoms with E-state index < -0.39 is 0 Å². The second-order valence-corrected chi connectivity index (χ2v) is 6.26. The van der Waals surface area contributed by atoms with Crippen molar-refractivity contribution in [3.8, 4) is 0 Å². The summed E-state index contributed by atoms with van der Waals surface area (Å²) in [5.74, 6) is 0.350. The van der Waals surface area contributed by atoms with Gasteiger partial charge in [-0.05, 0) is 51.4 Å². The molecule has 2 heterocycles. The number of rotatable bonds is 4. The first-order valence-electron chi connectivity index (χ1n) is 7.42. The zero-order valence-corrected chi connectivity index (χ0v) is 13.4. The molecule has 2 N–H and O–H groups in total. The van der Waals surface area contributed by atoms with Crippen LogP contribution in [0.5, 0.6) is 0 Å². The topological polar surface area (TPSA) is 70.2 Å². The molecule has 0 saturated carbocycles. The average Bonchev–Trinajstić information content (AvgIpc) is 2.47. The highest BCUT2D eigenvalue weighted by Crippen LogP contribution is 2.29. The van der Waals surface area contributed by atoms with Gasteiger partial charge in [0.05, 0.1) is 0 Å². The van der Waals surface area contributed by atoms with Crippen molar-refractivity contribution in [1.29, 1.82) is 0 Å². The molecule has 1 aromatic heterocycles. The molecule has 6 nitrogen and oxygen atoms in total. The monoisotopic (exact) mass is 291 g/mol. The maximum absolute atomic E-state index is 12.3. The van der Waals surface area contributed by atoms with Gasteiger partial charge in [-0.25, -0.2) is 9.97 Å². The molecular weight excluding hydrogens is 266 g/mol. The van der Waals surface area contributed by atoms with Gasteiger partial charge in [-0.2, -0.15) is 0 Å². The minimum atomic E-state index is -0.128. The Hall–Kier alpha value is -1.69. The summed E-state index contributed by atoms with van der Waals surface area (Å²) in [4.78, 5) is 23.0. The lowest BCUT2D eigenvalue weighted by molar-refractivity contribution is 0.0886. The van der Waals surface area contributed by atoms with E-state index in [0.29, 0.717) is 18.2 Å². The summed E-state index contributed by atoms with van der Waals surface area (Å²) in [5, 5.41) is 5.90. The molecule has 0 atom stereocenters. The van der Waals surface area contributed by atoms with Gasteiger partial charge >= 0.3 is 0 Å². The lowest BCUT2D eigenvalue weighted by Crippen LogP contribution is -2.43. The Bertz CT molecular complexity index is 509. The molecular formula is C15H25N5O. The fourth-order valence-corrected chi connectivity index (χ4v) is 2.52. The van der Waals surface area contributed by atoms with Crippen molar-refractivity contribution in [2.24, 2.45) is 5.41 Å². The minimum Gasteiger partial charge on any atom is -0.357 e. The van der Waals surface area contributed by atoms with Crippen molar-refractivity contribution in [3.05, 3.63) is 17.5 Å². The number of piperidine rings is 1. The van der Waals surface area contributed by atoms with E-state index in [-0.39, 0.29) is 11.3 Å². The molecule has 116 valence electrons. The third kappa shape index (κ3) is 4.14. The molecule has 21 heavy (non-hydrogen) atoms. The fraction of sp³-hybridized carbons (Fsp3) is 0.667. The largest absolute Gasteiger partial charge is 0.357 e. The van der Waals surface area contributed by atoms with E-state index in [0.717, 1.165) is 31.6 Å². The van der Waals surface area contributed by atoms with Gasteiger partial charge in [0.15, 0.2) is 0 Å². The summed E-state index contributed by atoms with van der Waals surface area (Å²) < 4.78 is 0. The number of anilines is 1. The molecule has 1 aromatic rings. The molecule has 1 saturated heterocycles. The molecule has 0 aromatic carbocycles. The van der Waals surface area contributed by atoms with E-state index >= 15 is 0 Å². The highest BCUT2D eigenvalue weighted by atomic mass is 16.1. The second-order valence-electron chi connectivity index (χ2n) is 6.26. The van der Waals surface area contributed by atoms with Crippen LogP contribution in [0.2, 0.25) is 0 Å². The molecule has 2 rings (SSSR count). The number of likely N-dealkylation sites (tertiary alicyclic amines) is 1. The molecule has 1 aliphatic rings. The van der Waals surface area contributed by atoms with E-state index in [2.05, 4.69) is 39.5 Å². The number of aromatic nitrogens is 2. The van der Waals surface area contributed by atoms with Crippen LogP contribution in [0, 0.1) is 12.3 Å². The Morgan fingerprint density at radius 2 is 2.05 bits per heavy atom. The summed E-state index contributed by atoms with van der Waals surface area (Å²) >= 11 is 0. The van der Waals surface area contributed by atoms with Gasteiger partial charge in [0.2, 0.25) is 5.95 Å². The summed E-state index contributed by atoms with van der Waals surface area (Å²) in [6, 6.07) is 1.72. The number of nitrogens with zero attached hydrogens (tertiary/aromatic N) is 3. The summed E-state index contributed by atoms with van der Waals surface area (Å²) in [7, 11) is 3.89. The zero-order valence-electron chi connectivity index (χ0n) is 13.4. The highest BCUT2D eigenvalue weighted by molar-refractivity contribution is 5.92. The third-order valence-electron chi connectivity index (χ3n) is 4.18. The van der Waals surface area contributed by atoms with Crippen molar-refractivity contribution >= 4 is 11.9 Å². The molecule has 1 fully saturated rings. The van der Waals surface area contributed by atoms with Crippen LogP contribution in [-0.2, 0) is 0 Å². The van der Waals surface area contributed by atoms with E-state index in [1.807, 2.05) is 6.92 Å². The molecule has 0 spiro atoms. The van der Waals surface area contributed by atoms with E-state index in [4.69, 9.17) is 0 Å². The van der Waals surface area contributed by atoms with E-state index in [9.17, 15) is 4.79 Å². The lowest BCUT2D eigenvalue weighted by Gasteiger charge is -2.37. The maximum atomic E-state index is 12.3. The average molecular weight is 291 g/mol. The predicted octanol–water partition coefficient (Wildman–Crippen LogP) is 1.29. The normalized spacial score (nSPS) is 18.3. The third-order valence-corrected chi connectivity index (χ3v) is 4.18. The number of amides is 1. The van der Waals surface area contributed by atoms with Gasteiger partial charge < -0.3 is 15.5 Å². The van der Waals surface area contributed by atoms with Gasteiger partial charge in [-0.15, -0.1) is 0 Å². The standard InChI is InChI=1S/C15H25N5O/c1-11-9-12(19-14(16-3)18-11)13(21)17-10-15(2)5-7-20(4)8-6-15/h9H,5-8,10H2,1-4H3,(H,17,21)(H,16,18,19). The molecule has 1 amide bonds. The first kappa shape index (κ1) is 15.7. The summed E-state index contributed by atoms with van der Waals surface area (Å²) in [6.07, 6.45) is 2.21. The Labute approximate surface area is 126 Å². The fourth-order valence-electron chi connectivity index (χ4n) is 2.52. The van der Waals surface area contributed by atoms with Crippen molar-refractivity contribution in [1.82, 2.24) is 20.2 Å². The first-order chi connectivity index (χ1) is 9.92. The van der Waals surface area contributed by atoms with Crippen LogP contribution in [0.4, 0.5) is 5.95 Å². The van der Waals surface area contributed by atoms with E-state index in [1.54, 1.807) is 13.1 Å². The van der Waals surface area contributed by atoms with E-state index in [1.165, 1.54) is 0 Å². The molecule has 0 aliphatic carbocycles. The first-order valence-corrected chi connectivity index (χ1v) is 7.42. The van der Waals surface area contributed by atoms with Gasteiger partial charge in [0.1, 0.15) is 5.69 Å². The Kier molecular flexibility index (Phi) is 4.77. The van der Waals surface area contributed by atoms with Crippen molar-refractivity contribution < 1.29 is 4.79 Å². The maximum Gasteiger partial charge on any atom is 0.270 e. The number of carbonyl (C=O) groups is 1.